The van der Waals surface area contributed by atoms with Gasteiger partial charge in [0.2, 0.25) is 11.8 Å². The SMILES string of the molecule is N/C(=C/Cl)CN1C(=O)CCC1=O. The maximum Gasteiger partial charge on any atom is 0.230 e. The second kappa shape index (κ2) is 3.58. The Labute approximate surface area is 75.0 Å². The van der Waals surface area contributed by atoms with Crippen LogP contribution in [0.5, 0.6) is 0 Å². The molecule has 1 aliphatic heterocycles. The van der Waals surface area contributed by atoms with E-state index in [0.717, 1.165) is 4.90 Å². The highest BCUT2D eigenvalue weighted by molar-refractivity contribution is 6.25. The summed E-state index contributed by atoms with van der Waals surface area (Å²) in [6, 6.07) is 0. The van der Waals surface area contributed by atoms with Crippen molar-refractivity contribution in [2.24, 2.45) is 5.73 Å². The van der Waals surface area contributed by atoms with E-state index >= 15 is 0 Å². The molecule has 2 amide bonds. The lowest BCUT2D eigenvalue weighted by atomic mass is 10.4. The Morgan fingerprint density at radius 2 is 2.00 bits per heavy atom. The highest BCUT2D eigenvalue weighted by Crippen LogP contribution is 2.12. The van der Waals surface area contributed by atoms with Gasteiger partial charge in [0.25, 0.3) is 0 Å². The number of halogens is 1. The van der Waals surface area contributed by atoms with Crippen LogP contribution in [0.1, 0.15) is 12.8 Å². The van der Waals surface area contributed by atoms with Gasteiger partial charge in [0.15, 0.2) is 0 Å². The van der Waals surface area contributed by atoms with Gasteiger partial charge < -0.3 is 5.73 Å². The van der Waals surface area contributed by atoms with Crippen LogP contribution in [0, 0.1) is 0 Å². The van der Waals surface area contributed by atoms with Crippen LogP contribution in [0.15, 0.2) is 11.2 Å². The zero-order chi connectivity index (χ0) is 9.14. The molecular weight excluding hydrogens is 180 g/mol. The number of rotatable bonds is 2. The average molecular weight is 189 g/mol. The van der Waals surface area contributed by atoms with Crippen molar-refractivity contribution in [1.82, 2.24) is 4.90 Å². The first-order valence-electron chi connectivity index (χ1n) is 3.53. The van der Waals surface area contributed by atoms with Crippen molar-refractivity contribution in [3.05, 3.63) is 11.2 Å². The number of imide groups is 1. The molecule has 0 radical (unpaired) electrons. The van der Waals surface area contributed by atoms with Crippen LogP contribution in [0.2, 0.25) is 0 Å². The zero-order valence-corrected chi connectivity index (χ0v) is 7.17. The molecule has 0 bridgehead atoms. The number of hydrogen-bond acceptors (Lipinski definition) is 3. The largest absolute Gasteiger partial charge is 0.400 e. The summed E-state index contributed by atoms with van der Waals surface area (Å²) in [5.41, 5.74) is 6.85. The first-order chi connectivity index (χ1) is 5.65. The summed E-state index contributed by atoms with van der Waals surface area (Å²) in [5, 5.41) is 0. The molecule has 0 aromatic carbocycles. The van der Waals surface area contributed by atoms with Crippen molar-refractivity contribution in [2.75, 3.05) is 6.54 Å². The molecule has 12 heavy (non-hydrogen) atoms. The van der Waals surface area contributed by atoms with Crippen molar-refractivity contribution in [3.8, 4) is 0 Å². The van der Waals surface area contributed by atoms with Gasteiger partial charge in [-0.3, -0.25) is 14.5 Å². The van der Waals surface area contributed by atoms with E-state index in [9.17, 15) is 9.59 Å². The van der Waals surface area contributed by atoms with Crippen LogP contribution in [-0.4, -0.2) is 23.3 Å². The fourth-order valence-electron chi connectivity index (χ4n) is 1.02. The van der Waals surface area contributed by atoms with Gasteiger partial charge in [-0.05, 0) is 0 Å². The smallest absolute Gasteiger partial charge is 0.230 e. The summed E-state index contributed by atoms with van der Waals surface area (Å²) in [5.74, 6) is -0.358. The summed E-state index contributed by atoms with van der Waals surface area (Å²) < 4.78 is 0. The molecule has 0 atom stereocenters. The van der Waals surface area contributed by atoms with Crippen molar-refractivity contribution >= 4 is 23.4 Å². The van der Waals surface area contributed by atoms with E-state index in [4.69, 9.17) is 17.3 Å². The highest BCUT2D eigenvalue weighted by Gasteiger charge is 2.28. The Morgan fingerprint density at radius 3 is 2.42 bits per heavy atom. The molecule has 1 saturated heterocycles. The summed E-state index contributed by atoms with van der Waals surface area (Å²) in [6.45, 7) is 0.112. The number of amides is 2. The molecular formula is C7H9ClN2O2. The van der Waals surface area contributed by atoms with Crippen molar-refractivity contribution in [3.63, 3.8) is 0 Å². The van der Waals surface area contributed by atoms with Crippen LogP contribution >= 0.6 is 11.6 Å². The van der Waals surface area contributed by atoms with Gasteiger partial charge in [-0.15, -0.1) is 0 Å². The highest BCUT2D eigenvalue weighted by atomic mass is 35.5. The Kier molecular flexibility index (Phi) is 2.70. The zero-order valence-electron chi connectivity index (χ0n) is 6.42. The molecule has 5 heteroatoms. The Bertz CT molecular complexity index is 234. The molecule has 2 N–H and O–H groups in total. The predicted octanol–water partition coefficient (Wildman–Crippen LogP) is 0.174. The van der Waals surface area contributed by atoms with E-state index in [0.29, 0.717) is 5.70 Å². The van der Waals surface area contributed by atoms with Gasteiger partial charge in [-0.2, -0.15) is 0 Å². The molecule has 1 aliphatic rings. The number of carbonyl (C=O) groups excluding carboxylic acids is 2. The molecule has 0 unspecified atom stereocenters. The average Bonchev–Trinajstić information content (AvgIpc) is 2.35. The van der Waals surface area contributed by atoms with E-state index in [1.165, 1.54) is 5.54 Å². The third-order valence-electron chi connectivity index (χ3n) is 1.64. The van der Waals surface area contributed by atoms with E-state index in [2.05, 4.69) is 0 Å². The molecule has 1 fully saturated rings. The van der Waals surface area contributed by atoms with Crippen molar-refractivity contribution in [2.45, 2.75) is 12.8 Å². The van der Waals surface area contributed by atoms with E-state index in [1.54, 1.807) is 0 Å². The summed E-state index contributed by atoms with van der Waals surface area (Å²) in [4.78, 5) is 23.1. The second-order valence-electron chi connectivity index (χ2n) is 2.56. The van der Waals surface area contributed by atoms with Crippen molar-refractivity contribution < 1.29 is 9.59 Å². The minimum absolute atomic E-state index is 0.112. The van der Waals surface area contributed by atoms with Crippen molar-refractivity contribution in [1.29, 1.82) is 0 Å². The van der Waals surface area contributed by atoms with Crippen LogP contribution in [0.3, 0.4) is 0 Å². The fraction of sp³-hybridized carbons (Fsp3) is 0.429. The number of nitrogens with two attached hydrogens (primary N) is 1. The van der Waals surface area contributed by atoms with Gasteiger partial charge in [-0.1, -0.05) is 11.6 Å². The Hall–Kier alpha value is -1.03. The molecule has 4 nitrogen and oxygen atoms in total. The number of carbonyl (C=O) groups is 2. The monoisotopic (exact) mass is 188 g/mol. The Balaban J connectivity index is 2.62. The van der Waals surface area contributed by atoms with Gasteiger partial charge in [0.1, 0.15) is 0 Å². The quantitative estimate of drug-likeness (QED) is 0.629. The van der Waals surface area contributed by atoms with Crippen LogP contribution < -0.4 is 5.73 Å². The third-order valence-corrected chi connectivity index (χ3v) is 1.92. The fourth-order valence-corrected chi connectivity index (χ4v) is 1.09. The molecule has 0 spiro atoms. The van der Waals surface area contributed by atoms with Gasteiger partial charge in [-0.25, -0.2) is 0 Å². The molecule has 1 heterocycles. The normalized spacial score (nSPS) is 19.1. The van der Waals surface area contributed by atoms with Crippen LogP contribution in [-0.2, 0) is 9.59 Å². The molecule has 0 saturated carbocycles. The summed E-state index contributed by atoms with van der Waals surface area (Å²) in [7, 11) is 0. The lowest BCUT2D eigenvalue weighted by Crippen LogP contribution is -2.32. The number of hydrogen-bond donors (Lipinski definition) is 1. The third kappa shape index (κ3) is 1.76. The number of nitrogens with zero attached hydrogens (tertiary/aromatic N) is 1. The lowest BCUT2D eigenvalue weighted by molar-refractivity contribution is -0.137. The standard InChI is InChI=1S/C7H9ClN2O2/c8-3-5(9)4-10-6(11)1-2-7(10)12/h3H,1-2,4,9H2/b5-3+. The van der Waals surface area contributed by atoms with E-state index < -0.39 is 0 Å². The minimum atomic E-state index is -0.179. The maximum atomic E-state index is 11.0. The van der Waals surface area contributed by atoms with Gasteiger partial charge in [0, 0.05) is 24.1 Å². The maximum absolute atomic E-state index is 11.0. The predicted molar refractivity (Wildman–Crippen MR) is 44.1 cm³/mol. The van der Waals surface area contributed by atoms with Crippen LogP contribution in [0.4, 0.5) is 0 Å². The summed E-state index contributed by atoms with van der Waals surface area (Å²) >= 11 is 5.29. The first-order valence-corrected chi connectivity index (χ1v) is 3.96. The second-order valence-corrected chi connectivity index (χ2v) is 2.78. The topological polar surface area (TPSA) is 63.4 Å². The first kappa shape index (κ1) is 9.06. The molecule has 1 rings (SSSR count). The molecule has 66 valence electrons. The Morgan fingerprint density at radius 1 is 1.50 bits per heavy atom. The molecule has 0 aliphatic carbocycles. The van der Waals surface area contributed by atoms with Crippen LogP contribution in [0.25, 0.3) is 0 Å². The number of likely N-dealkylation sites (tertiary alicyclic amines) is 1. The lowest BCUT2D eigenvalue weighted by Gasteiger charge is -2.12. The van der Waals surface area contributed by atoms with Gasteiger partial charge in [0.05, 0.1) is 6.54 Å². The molecule has 0 aromatic heterocycles. The summed E-state index contributed by atoms with van der Waals surface area (Å²) in [6.07, 6.45) is 0.572. The van der Waals surface area contributed by atoms with Gasteiger partial charge >= 0.3 is 0 Å². The minimum Gasteiger partial charge on any atom is -0.400 e. The molecule has 0 aromatic rings. The van der Waals surface area contributed by atoms with E-state index in [-0.39, 0.29) is 31.2 Å². The van der Waals surface area contributed by atoms with E-state index in [1.807, 2.05) is 0 Å².